The average molecular weight is 495 g/mol. The number of aryl methyl sites for hydroxylation is 2. The third kappa shape index (κ3) is 5.71. The van der Waals surface area contributed by atoms with Gasteiger partial charge in [-0.3, -0.25) is 14.7 Å². The van der Waals surface area contributed by atoms with Crippen molar-refractivity contribution in [1.29, 1.82) is 0 Å². The van der Waals surface area contributed by atoms with E-state index >= 15 is 0 Å². The van der Waals surface area contributed by atoms with Crippen LogP contribution in [0.2, 0.25) is 0 Å². The van der Waals surface area contributed by atoms with Crippen LogP contribution >= 0.6 is 0 Å². The van der Waals surface area contributed by atoms with Crippen molar-refractivity contribution in [3.8, 4) is 0 Å². The number of carboxylic acids is 1. The van der Waals surface area contributed by atoms with Crippen molar-refractivity contribution in [2.75, 3.05) is 38.7 Å². The normalized spacial score (nSPS) is 24.5. The number of nitrogens with zero attached hydrogens (tertiary/aromatic N) is 3. The molecule has 2 aromatic heterocycles. The Kier molecular flexibility index (Phi) is 8.14. The number of likely N-dealkylation sites (tertiary alicyclic amines) is 1. The van der Waals surface area contributed by atoms with E-state index in [0.29, 0.717) is 19.7 Å². The molecule has 2 fully saturated rings. The second kappa shape index (κ2) is 11.7. The summed E-state index contributed by atoms with van der Waals surface area (Å²) in [4.78, 5) is 23.8. The maximum absolute atomic E-state index is 12.4. The van der Waals surface area contributed by atoms with E-state index < -0.39 is 12.0 Å². The molecule has 3 aliphatic rings. The molecule has 1 saturated carbocycles. The molecule has 8 heteroatoms. The highest BCUT2D eigenvalue weighted by Gasteiger charge is 2.39. The van der Waals surface area contributed by atoms with Crippen LogP contribution in [0, 0.1) is 0 Å². The van der Waals surface area contributed by atoms with Gasteiger partial charge in [0.2, 0.25) is 0 Å². The molecule has 1 aliphatic carbocycles. The maximum atomic E-state index is 12.4. The molecule has 0 spiro atoms. The van der Waals surface area contributed by atoms with E-state index in [4.69, 9.17) is 14.5 Å². The summed E-state index contributed by atoms with van der Waals surface area (Å²) in [6.45, 7) is 3.05. The van der Waals surface area contributed by atoms with Gasteiger partial charge in [0.1, 0.15) is 11.9 Å². The Hall–Kier alpha value is -2.55. The van der Waals surface area contributed by atoms with Gasteiger partial charge in [-0.05, 0) is 69.1 Å². The zero-order valence-electron chi connectivity index (χ0n) is 21.2. The molecule has 1 saturated heterocycles. The zero-order chi connectivity index (χ0) is 24.9. The number of fused-ring (bicyclic) bond motifs is 1. The Morgan fingerprint density at radius 1 is 1.25 bits per heavy atom. The summed E-state index contributed by atoms with van der Waals surface area (Å²) < 4.78 is 11.6. The van der Waals surface area contributed by atoms with Gasteiger partial charge in [0.05, 0.1) is 12.2 Å². The van der Waals surface area contributed by atoms with E-state index in [-0.39, 0.29) is 18.1 Å². The van der Waals surface area contributed by atoms with Crippen LogP contribution in [0.5, 0.6) is 0 Å². The fourth-order valence-electron chi connectivity index (χ4n) is 5.76. The summed E-state index contributed by atoms with van der Waals surface area (Å²) in [7, 11) is 1.73. The van der Waals surface area contributed by atoms with Crippen LogP contribution in [-0.2, 0) is 27.1 Å². The Morgan fingerprint density at radius 2 is 2.14 bits per heavy atom. The molecule has 8 nitrogen and oxygen atoms in total. The highest BCUT2D eigenvalue weighted by atomic mass is 16.5. The lowest BCUT2D eigenvalue weighted by molar-refractivity contribution is -0.143. The Bertz CT molecular complexity index is 1040. The molecular weight excluding hydrogens is 456 g/mol. The van der Waals surface area contributed by atoms with E-state index in [1.165, 1.54) is 12.0 Å². The van der Waals surface area contributed by atoms with Crippen LogP contribution < -0.4 is 5.32 Å². The van der Waals surface area contributed by atoms with E-state index in [1.807, 2.05) is 17.0 Å². The number of hydrogen-bond donors (Lipinski definition) is 2. The fourth-order valence-corrected chi connectivity index (χ4v) is 5.76. The average Bonchev–Trinajstić information content (AvgIpc) is 3.32. The van der Waals surface area contributed by atoms with Crippen LogP contribution in [0.4, 0.5) is 5.82 Å². The number of methoxy groups -OCH3 is 1. The highest BCUT2D eigenvalue weighted by molar-refractivity contribution is 5.76. The van der Waals surface area contributed by atoms with Crippen LogP contribution in [0.25, 0.3) is 0 Å². The predicted molar refractivity (Wildman–Crippen MR) is 137 cm³/mol. The number of unbranched alkanes of at least 4 members (excludes halogenated alkanes) is 1. The zero-order valence-corrected chi connectivity index (χ0v) is 21.2. The fraction of sp³-hybridized carbons (Fsp3) is 0.607. The first-order chi connectivity index (χ1) is 17.6. The van der Waals surface area contributed by atoms with E-state index in [0.717, 1.165) is 74.3 Å². The number of anilines is 1. The predicted octanol–water partition coefficient (Wildman–Crippen LogP) is 3.97. The van der Waals surface area contributed by atoms with Crippen molar-refractivity contribution in [2.45, 2.75) is 75.5 Å². The van der Waals surface area contributed by atoms with E-state index in [9.17, 15) is 9.90 Å². The van der Waals surface area contributed by atoms with Crippen molar-refractivity contribution < 1.29 is 19.4 Å². The van der Waals surface area contributed by atoms with Crippen LogP contribution in [0.1, 0.15) is 73.0 Å². The molecule has 0 aromatic carbocycles. The molecule has 0 bridgehead atoms. The highest BCUT2D eigenvalue weighted by Crippen LogP contribution is 2.41. The molecule has 0 radical (unpaired) electrons. The van der Waals surface area contributed by atoms with Crippen molar-refractivity contribution in [3.05, 3.63) is 53.0 Å². The molecule has 2 aromatic rings. The lowest BCUT2D eigenvalue weighted by Crippen LogP contribution is -2.36. The molecule has 2 aliphatic heterocycles. The molecule has 194 valence electrons. The summed E-state index contributed by atoms with van der Waals surface area (Å²) in [6.07, 6.45) is 9.98. The SMILES string of the molecule is CO[C@H]1C[C@@H](c2ncccc2C(C(=O)O)N2CC[C@@H](OCCCCc3ccc4c(n3)NCCC4)C2)C1. The largest absolute Gasteiger partial charge is 0.480 e. The third-order valence-electron chi connectivity index (χ3n) is 7.89. The van der Waals surface area contributed by atoms with Gasteiger partial charge >= 0.3 is 5.97 Å². The smallest absolute Gasteiger partial charge is 0.325 e. The second-order valence-corrected chi connectivity index (χ2v) is 10.3. The van der Waals surface area contributed by atoms with Gasteiger partial charge < -0.3 is 19.9 Å². The summed E-state index contributed by atoms with van der Waals surface area (Å²) in [5.74, 6) is 0.504. The summed E-state index contributed by atoms with van der Waals surface area (Å²) >= 11 is 0. The number of rotatable bonds is 11. The van der Waals surface area contributed by atoms with Crippen LogP contribution in [0.15, 0.2) is 30.5 Å². The first kappa shape index (κ1) is 25.1. The number of pyridine rings is 2. The number of carboxylic acid groups (broad SMARTS) is 1. The number of hydrogen-bond acceptors (Lipinski definition) is 7. The Morgan fingerprint density at radius 3 is 2.97 bits per heavy atom. The number of aromatic nitrogens is 2. The van der Waals surface area contributed by atoms with Gasteiger partial charge in [0, 0.05) is 62.4 Å². The maximum Gasteiger partial charge on any atom is 0.325 e. The molecule has 4 heterocycles. The minimum Gasteiger partial charge on any atom is -0.480 e. The van der Waals surface area contributed by atoms with Crippen molar-refractivity contribution in [1.82, 2.24) is 14.9 Å². The Balaban J connectivity index is 1.10. The lowest BCUT2D eigenvalue weighted by atomic mass is 9.77. The standard InChI is InChI=1S/C28H38N4O4/c1-35-23-16-20(17-23)25-24(8-5-12-29-25)26(28(33)34)32-14-11-22(18-32)36-15-3-2-7-21-10-9-19-6-4-13-30-27(19)31-21/h5,8-10,12,20,22-23,26H,2-4,6-7,11,13-18H2,1H3,(H,30,31)(H,33,34)/t20-,22-,23+,26?/m1/s1. The number of carbonyl (C=O) groups is 1. The molecule has 2 N–H and O–H groups in total. The first-order valence-electron chi connectivity index (χ1n) is 13.4. The second-order valence-electron chi connectivity index (χ2n) is 10.3. The minimum absolute atomic E-state index is 0.0691. The van der Waals surface area contributed by atoms with Gasteiger partial charge in [-0.1, -0.05) is 12.1 Å². The quantitative estimate of drug-likeness (QED) is 0.453. The van der Waals surface area contributed by atoms with Gasteiger partial charge in [-0.2, -0.15) is 0 Å². The first-order valence-corrected chi connectivity index (χ1v) is 13.4. The van der Waals surface area contributed by atoms with Crippen molar-refractivity contribution >= 4 is 11.8 Å². The van der Waals surface area contributed by atoms with Gasteiger partial charge in [0.25, 0.3) is 0 Å². The van der Waals surface area contributed by atoms with Crippen molar-refractivity contribution in [3.63, 3.8) is 0 Å². The monoisotopic (exact) mass is 494 g/mol. The molecule has 2 atom stereocenters. The lowest BCUT2D eigenvalue weighted by Gasteiger charge is -2.36. The number of nitrogens with one attached hydrogen (secondary N) is 1. The third-order valence-corrected chi connectivity index (χ3v) is 7.89. The molecule has 1 unspecified atom stereocenters. The van der Waals surface area contributed by atoms with Crippen LogP contribution in [0.3, 0.4) is 0 Å². The molecule has 36 heavy (non-hydrogen) atoms. The summed E-state index contributed by atoms with van der Waals surface area (Å²) in [5.41, 5.74) is 4.19. The summed E-state index contributed by atoms with van der Waals surface area (Å²) in [5, 5.41) is 13.6. The van der Waals surface area contributed by atoms with E-state index in [2.05, 4.69) is 22.4 Å². The number of aliphatic carboxylic acids is 1. The van der Waals surface area contributed by atoms with Gasteiger partial charge in [-0.25, -0.2) is 4.98 Å². The Labute approximate surface area is 213 Å². The van der Waals surface area contributed by atoms with E-state index in [1.54, 1.807) is 13.3 Å². The van der Waals surface area contributed by atoms with Crippen LogP contribution in [-0.4, -0.2) is 71.5 Å². The minimum atomic E-state index is -0.820. The number of ether oxygens (including phenoxy) is 2. The molecule has 0 amide bonds. The topological polar surface area (TPSA) is 96.8 Å². The van der Waals surface area contributed by atoms with Crippen molar-refractivity contribution in [2.24, 2.45) is 0 Å². The van der Waals surface area contributed by atoms with Gasteiger partial charge in [-0.15, -0.1) is 0 Å². The summed E-state index contributed by atoms with van der Waals surface area (Å²) in [6, 6.07) is 7.45. The molecule has 5 rings (SSSR count). The molecular formula is C28H38N4O4. The van der Waals surface area contributed by atoms with Gasteiger partial charge in [0.15, 0.2) is 0 Å².